The Morgan fingerprint density at radius 2 is 2.05 bits per heavy atom. The molecule has 0 spiro atoms. The highest BCUT2D eigenvalue weighted by molar-refractivity contribution is 6.33. The molecule has 0 saturated carbocycles. The molecule has 0 atom stereocenters. The van der Waals surface area contributed by atoms with Gasteiger partial charge in [-0.15, -0.1) is 0 Å². The number of aromatic nitrogens is 2. The third-order valence-electron chi connectivity index (χ3n) is 3.11. The Kier molecular flexibility index (Phi) is 4.27. The molecule has 1 heterocycles. The minimum absolute atomic E-state index is 0.379. The number of benzene rings is 1. The van der Waals surface area contributed by atoms with E-state index in [1.165, 1.54) is 5.56 Å². The molecule has 4 heteroatoms. The van der Waals surface area contributed by atoms with Gasteiger partial charge < -0.3 is 5.32 Å². The lowest BCUT2D eigenvalue weighted by atomic mass is 9.99. The predicted molar refractivity (Wildman–Crippen MR) is 80.5 cm³/mol. The van der Waals surface area contributed by atoms with Gasteiger partial charge in [-0.1, -0.05) is 37.6 Å². The molecule has 0 unspecified atom stereocenters. The van der Waals surface area contributed by atoms with E-state index in [-0.39, 0.29) is 0 Å². The van der Waals surface area contributed by atoms with Gasteiger partial charge in [0.25, 0.3) is 0 Å². The van der Waals surface area contributed by atoms with Crippen molar-refractivity contribution in [3.63, 3.8) is 0 Å². The molecule has 19 heavy (non-hydrogen) atoms. The highest BCUT2D eigenvalue weighted by atomic mass is 35.5. The average molecular weight is 278 g/mol. The molecule has 0 fully saturated rings. The van der Waals surface area contributed by atoms with E-state index in [1.807, 2.05) is 31.0 Å². The smallest absolute Gasteiger partial charge is 0.0728 e. The molecule has 2 rings (SSSR count). The summed E-state index contributed by atoms with van der Waals surface area (Å²) < 4.78 is 1.85. The van der Waals surface area contributed by atoms with Crippen molar-refractivity contribution < 1.29 is 0 Å². The van der Waals surface area contributed by atoms with E-state index in [1.54, 1.807) is 0 Å². The maximum absolute atomic E-state index is 6.42. The van der Waals surface area contributed by atoms with Crippen LogP contribution in [-0.4, -0.2) is 16.8 Å². The van der Waals surface area contributed by atoms with Gasteiger partial charge in [0.05, 0.1) is 5.69 Å². The van der Waals surface area contributed by atoms with Crippen LogP contribution in [0.1, 0.15) is 31.0 Å². The molecule has 0 aliphatic heterocycles. The van der Waals surface area contributed by atoms with Crippen LogP contribution in [0.4, 0.5) is 0 Å². The van der Waals surface area contributed by atoms with E-state index in [0.29, 0.717) is 5.92 Å². The van der Waals surface area contributed by atoms with Gasteiger partial charge in [-0.25, -0.2) is 0 Å². The predicted octanol–water partition coefficient (Wildman–Crippen LogP) is 3.58. The molecule has 0 aliphatic rings. The van der Waals surface area contributed by atoms with Gasteiger partial charge in [-0.2, -0.15) is 5.10 Å². The second-order valence-electron chi connectivity index (χ2n) is 5.10. The Morgan fingerprint density at radius 1 is 1.32 bits per heavy atom. The average Bonchev–Trinajstić information content (AvgIpc) is 2.72. The Balaban J connectivity index is 2.47. The first-order valence-corrected chi connectivity index (χ1v) is 6.87. The van der Waals surface area contributed by atoms with Gasteiger partial charge in [0, 0.05) is 35.9 Å². The number of rotatable bonds is 4. The fraction of sp³-hybridized carbons (Fsp3) is 0.400. The van der Waals surface area contributed by atoms with Gasteiger partial charge in [-0.3, -0.25) is 4.68 Å². The standard InChI is InChI=1S/C15H20ClN3/c1-10(2)15-13(9-19(4)18-15)12-6-5-11(8-17-3)7-14(12)16/h5-7,9-10,17H,8H2,1-4H3. The molecular weight excluding hydrogens is 258 g/mol. The number of nitrogens with one attached hydrogen (secondary N) is 1. The molecule has 102 valence electrons. The summed E-state index contributed by atoms with van der Waals surface area (Å²) in [6.07, 6.45) is 2.04. The first-order valence-electron chi connectivity index (χ1n) is 6.50. The molecule has 3 nitrogen and oxygen atoms in total. The Labute approximate surface area is 119 Å². The van der Waals surface area contributed by atoms with Crippen LogP contribution in [0, 0.1) is 0 Å². The van der Waals surface area contributed by atoms with Crippen LogP contribution >= 0.6 is 11.6 Å². The Hall–Kier alpha value is -1.32. The molecular formula is C15H20ClN3. The number of nitrogens with zero attached hydrogens (tertiary/aromatic N) is 2. The minimum Gasteiger partial charge on any atom is -0.316 e. The van der Waals surface area contributed by atoms with Gasteiger partial charge >= 0.3 is 0 Å². The van der Waals surface area contributed by atoms with E-state index >= 15 is 0 Å². The summed E-state index contributed by atoms with van der Waals surface area (Å²) in [5, 5.41) is 8.44. The third-order valence-corrected chi connectivity index (χ3v) is 3.42. The molecule has 2 aromatic rings. The monoisotopic (exact) mass is 277 g/mol. The highest BCUT2D eigenvalue weighted by Gasteiger charge is 2.15. The zero-order chi connectivity index (χ0) is 14.0. The van der Waals surface area contributed by atoms with Gasteiger partial charge in [0.1, 0.15) is 0 Å². The normalized spacial score (nSPS) is 11.3. The maximum Gasteiger partial charge on any atom is 0.0728 e. The summed E-state index contributed by atoms with van der Waals surface area (Å²) in [7, 11) is 3.87. The topological polar surface area (TPSA) is 29.9 Å². The first kappa shape index (κ1) is 14.1. The molecule has 1 N–H and O–H groups in total. The van der Waals surface area contributed by atoms with Crippen molar-refractivity contribution in [3.8, 4) is 11.1 Å². The first-order chi connectivity index (χ1) is 9.02. The zero-order valence-electron chi connectivity index (χ0n) is 11.9. The fourth-order valence-electron chi connectivity index (χ4n) is 2.23. The number of hydrogen-bond acceptors (Lipinski definition) is 2. The van der Waals surface area contributed by atoms with Crippen LogP contribution in [0.25, 0.3) is 11.1 Å². The molecule has 1 aromatic heterocycles. The summed E-state index contributed by atoms with van der Waals surface area (Å²) >= 11 is 6.42. The van der Waals surface area contributed by atoms with Crippen molar-refractivity contribution in [3.05, 3.63) is 40.7 Å². The quantitative estimate of drug-likeness (QED) is 0.926. The van der Waals surface area contributed by atoms with E-state index in [0.717, 1.165) is 28.4 Å². The van der Waals surface area contributed by atoms with Crippen molar-refractivity contribution in [2.45, 2.75) is 26.3 Å². The van der Waals surface area contributed by atoms with Crippen molar-refractivity contribution in [2.24, 2.45) is 7.05 Å². The van der Waals surface area contributed by atoms with E-state index < -0.39 is 0 Å². The molecule has 0 saturated heterocycles. The Morgan fingerprint density at radius 3 is 2.63 bits per heavy atom. The molecule has 0 amide bonds. The van der Waals surface area contributed by atoms with Crippen molar-refractivity contribution in [2.75, 3.05) is 7.05 Å². The largest absolute Gasteiger partial charge is 0.316 e. The lowest BCUT2D eigenvalue weighted by Crippen LogP contribution is -2.04. The van der Waals surface area contributed by atoms with Crippen molar-refractivity contribution in [1.29, 1.82) is 0 Å². The van der Waals surface area contributed by atoms with Gasteiger partial charge in [-0.05, 0) is 24.6 Å². The maximum atomic E-state index is 6.42. The second kappa shape index (κ2) is 5.76. The number of halogens is 1. The Bertz CT molecular complexity index is 573. The van der Waals surface area contributed by atoms with Crippen LogP contribution in [0.2, 0.25) is 5.02 Å². The second-order valence-corrected chi connectivity index (χ2v) is 5.51. The highest BCUT2D eigenvalue weighted by Crippen LogP contribution is 2.33. The minimum atomic E-state index is 0.379. The van der Waals surface area contributed by atoms with Crippen LogP contribution in [0.3, 0.4) is 0 Å². The van der Waals surface area contributed by atoms with Crippen LogP contribution in [0.15, 0.2) is 24.4 Å². The molecule has 0 radical (unpaired) electrons. The summed E-state index contributed by atoms with van der Waals surface area (Å²) in [5.74, 6) is 0.379. The molecule has 0 aliphatic carbocycles. The summed E-state index contributed by atoms with van der Waals surface area (Å²) in [6, 6.07) is 6.21. The SMILES string of the molecule is CNCc1ccc(-c2cn(C)nc2C(C)C)c(Cl)c1. The van der Waals surface area contributed by atoms with Gasteiger partial charge in [0.2, 0.25) is 0 Å². The van der Waals surface area contributed by atoms with Crippen LogP contribution < -0.4 is 5.32 Å². The van der Waals surface area contributed by atoms with E-state index in [4.69, 9.17) is 11.6 Å². The van der Waals surface area contributed by atoms with Crippen molar-refractivity contribution >= 4 is 11.6 Å². The van der Waals surface area contributed by atoms with Crippen LogP contribution in [-0.2, 0) is 13.6 Å². The summed E-state index contributed by atoms with van der Waals surface area (Å²) in [5.41, 5.74) is 4.45. The summed E-state index contributed by atoms with van der Waals surface area (Å²) in [4.78, 5) is 0. The lowest BCUT2D eigenvalue weighted by Gasteiger charge is -2.09. The lowest BCUT2D eigenvalue weighted by molar-refractivity contribution is 0.713. The zero-order valence-corrected chi connectivity index (χ0v) is 12.6. The molecule has 0 bridgehead atoms. The number of aryl methyl sites for hydroxylation is 1. The summed E-state index contributed by atoms with van der Waals surface area (Å²) in [6.45, 7) is 5.12. The third kappa shape index (κ3) is 2.99. The van der Waals surface area contributed by atoms with E-state index in [9.17, 15) is 0 Å². The fourth-order valence-corrected chi connectivity index (χ4v) is 2.54. The van der Waals surface area contributed by atoms with Crippen LogP contribution in [0.5, 0.6) is 0 Å². The molecule has 1 aromatic carbocycles. The van der Waals surface area contributed by atoms with E-state index in [2.05, 4.69) is 36.4 Å². The van der Waals surface area contributed by atoms with Gasteiger partial charge in [0.15, 0.2) is 0 Å². The number of hydrogen-bond donors (Lipinski definition) is 1. The van der Waals surface area contributed by atoms with Crippen molar-refractivity contribution in [1.82, 2.24) is 15.1 Å².